The number of carbonyl (C=O) groups excluding carboxylic acids is 1. The van der Waals surface area contributed by atoms with E-state index in [1.165, 1.54) is 24.3 Å². The van der Waals surface area contributed by atoms with Gasteiger partial charge in [0.2, 0.25) is 0 Å². The SMILES string of the molecule is O=C(Oc1ccc2ncccc2c1)c1ccc(F)cc1. The number of pyridine rings is 1. The van der Waals surface area contributed by atoms with Crippen LogP contribution in [0.3, 0.4) is 0 Å². The molecular weight excluding hydrogens is 257 g/mol. The van der Waals surface area contributed by atoms with E-state index in [4.69, 9.17) is 4.74 Å². The Balaban J connectivity index is 1.85. The van der Waals surface area contributed by atoms with Gasteiger partial charge in [-0.1, -0.05) is 6.07 Å². The molecule has 0 aliphatic heterocycles. The molecule has 0 spiro atoms. The van der Waals surface area contributed by atoms with Crippen LogP contribution in [0.15, 0.2) is 60.8 Å². The smallest absolute Gasteiger partial charge is 0.343 e. The van der Waals surface area contributed by atoms with Gasteiger partial charge in [0.05, 0.1) is 11.1 Å². The Kier molecular flexibility index (Phi) is 3.13. The first-order chi connectivity index (χ1) is 9.72. The maximum atomic E-state index is 12.8. The number of rotatable bonds is 2. The first-order valence-corrected chi connectivity index (χ1v) is 6.05. The number of benzene rings is 2. The van der Waals surface area contributed by atoms with Crippen LogP contribution in [-0.4, -0.2) is 11.0 Å². The molecule has 2 aromatic carbocycles. The second kappa shape index (κ2) is 5.09. The summed E-state index contributed by atoms with van der Waals surface area (Å²) in [6, 6.07) is 14.1. The Hall–Kier alpha value is -2.75. The zero-order valence-electron chi connectivity index (χ0n) is 10.4. The molecule has 0 saturated heterocycles. The normalized spacial score (nSPS) is 10.4. The third kappa shape index (κ3) is 2.49. The second-order valence-corrected chi connectivity index (χ2v) is 4.25. The van der Waals surface area contributed by atoms with Crippen LogP contribution in [0.1, 0.15) is 10.4 Å². The molecular formula is C16H10FNO2. The largest absolute Gasteiger partial charge is 0.423 e. The highest BCUT2D eigenvalue weighted by atomic mass is 19.1. The lowest BCUT2D eigenvalue weighted by Crippen LogP contribution is -2.08. The summed E-state index contributed by atoms with van der Waals surface area (Å²) in [5, 5.41) is 0.886. The topological polar surface area (TPSA) is 39.2 Å². The number of hydrogen-bond donors (Lipinski definition) is 0. The number of aromatic nitrogens is 1. The molecule has 0 unspecified atom stereocenters. The van der Waals surface area contributed by atoms with Crippen LogP contribution < -0.4 is 4.74 Å². The van der Waals surface area contributed by atoms with Gasteiger partial charge in [-0.3, -0.25) is 4.98 Å². The maximum absolute atomic E-state index is 12.8. The van der Waals surface area contributed by atoms with Crippen molar-refractivity contribution in [2.24, 2.45) is 0 Å². The maximum Gasteiger partial charge on any atom is 0.343 e. The van der Waals surface area contributed by atoms with Gasteiger partial charge >= 0.3 is 5.97 Å². The molecule has 0 aliphatic carbocycles. The standard InChI is InChI=1S/C16H10FNO2/c17-13-5-3-11(4-6-13)16(19)20-14-7-8-15-12(10-14)2-1-9-18-15/h1-10H. The van der Waals surface area contributed by atoms with Crippen molar-refractivity contribution in [1.29, 1.82) is 0 Å². The number of halogens is 1. The van der Waals surface area contributed by atoms with Crippen LogP contribution in [0.25, 0.3) is 10.9 Å². The molecule has 0 bridgehead atoms. The Morgan fingerprint density at radius 1 is 1.05 bits per heavy atom. The molecule has 3 aromatic rings. The molecule has 98 valence electrons. The van der Waals surface area contributed by atoms with Gasteiger partial charge in [-0.25, -0.2) is 9.18 Å². The fourth-order valence-corrected chi connectivity index (χ4v) is 1.87. The minimum absolute atomic E-state index is 0.303. The van der Waals surface area contributed by atoms with E-state index in [1.54, 1.807) is 24.4 Å². The Labute approximate surface area is 114 Å². The van der Waals surface area contributed by atoms with Crippen molar-refractivity contribution in [1.82, 2.24) is 4.98 Å². The van der Waals surface area contributed by atoms with Crippen LogP contribution in [-0.2, 0) is 0 Å². The molecule has 0 fully saturated rings. The van der Waals surface area contributed by atoms with Crippen LogP contribution >= 0.6 is 0 Å². The molecule has 1 heterocycles. The van der Waals surface area contributed by atoms with Crippen molar-refractivity contribution >= 4 is 16.9 Å². The van der Waals surface area contributed by atoms with Gasteiger partial charge in [0.25, 0.3) is 0 Å². The summed E-state index contributed by atoms with van der Waals surface area (Å²) in [7, 11) is 0. The van der Waals surface area contributed by atoms with Gasteiger partial charge in [0.15, 0.2) is 0 Å². The average Bonchev–Trinajstić information content (AvgIpc) is 2.48. The van der Waals surface area contributed by atoms with Gasteiger partial charge in [-0.05, 0) is 48.5 Å². The number of fused-ring (bicyclic) bond motifs is 1. The van der Waals surface area contributed by atoms with Crippen molar-refractivity contribution in [2.75, 3.05) is 0 Å². The fraction of sp³-hybridized carbons (Fsp3) is 0. The summed E-state index contributed by atoms with van der Waals surface area (Å²) < 4.78 is 18.1. The Morgan fingerprint density at radius 3 is 2.65 bits per heavy atom. The summed E-state index contributed by atoms with van der Waals surface area (Å²) in [4.78, 5) is 16.1. The molecule has 3 rings (SSSR count). The molecule has 0 atom stereocenters. The minimum Gasteiger partial charge on any atom is -0.423 e. The van der Waals surface area contributed by atoms with Gasteiger partial charge in [-0.15, -0.1) is 0 Å². The van der Waals surface area contributed by atoms with Crippen LogP contribution in [0, 0.1) is 5.82 Å². The lowest BCUT2D eigenvalue weighted by atomic mass is 10.2. The number of ether oxygens (including phenoxy) is 1. The van der Waals surface area contributed by atoms with Gasteiger partial charge < -0.3 is 4.74 Å². The number of hydrogen-bond acceptors (Lipinski definition) is 3. The third-order valence-corrected chi connectivity index (χ3v) is 2.86. The lowest BCUT2D eigenvalue weighted by molar-refractivity contribution is 0.0735. The third-order valence-electron chi connectivity index (χ3n) is 2.86. The van der Waals surface area contributed by atoms with Crippen molar-refractivity contribution in [3.05, 3.63) is 72.2 Å². The highest BCUT2D eigenvalue weighted by molar-refractivity contribution is 5.91. The first kappa shape index (κ1) is 12.3. The van der Waals surface area contributed by atoms with Gasteiger partial charge in [0.1, 0.15) is 11.6 Å². The first-order valence-electron chi connectivity index (χ1n) is 6.05. The van der Waals surface area contributed by atoms with E-state index in [-0.39, 0.29) is 0 Å². The number of esters is 1. The average molecular weight is 267 g/mol. The fourth-order valence-electron chi connectivity index (χ4n) is 1.87. The summed E-state index contributed by atoms with van der Waals surface area (Å²) in [6.45, 7) is 0. The Bertz CT molecular complexity index is 769. The molecule has 0 amide bonds. The van der Waals surface area contributed by atoms with Crippen LogP contribution in [0.2, 0.25) is 0 Å². The van der Waals surface area contributed by atoms with Crippen LogP contribution in [0.4, 0.5) is 4.39 Å². The van der Waals surface area contributed by atoms with Gasteiger partial charge in [-0.2, -0.15) is 0 Å². The number of carbonyl (C=O) groups is 1. The monoisotopic (exact) mass is 267 g/mol. The zero-order valence-corrected chi connectivity index (χ0v) is 10.4. The minimum atomic E-state index is -0.520. The highest BCUT2D eigenvalue weighted by Crippen LogP contribution is 2.20. The summed E-state index contributed by atoms with van der Waals surface area (Å²) >= 11 is 0. The van der Waals surface area contributed by atoms with E-state index in [9.17, 15) is 9.18 Å². The quantitative estimate of drug-likeness (QED) is 0.526. The van der Waals surface area contributed by atoms with Gasteiger partial charge in [0, 0.05) is 11.6 Å². The lowest BCUT2D eigenvalue weighted by Gasteiger charge is -2.05. The van der Waals surface area contributed by atoms with Crippen molar-refractivity contribution in [3.63, 3.8) is 0 Å². The Morgan fingerprint density at radius 2 is 1.85 bits per heavy atom. The molecule has 3 nitrogen and oxygen atoms in total. The predicted octanol–water partition coefficient (Wildman–Crippen LogP) is 3.59. The second-order valence-electron chi connectivity index (χ2n) is 4.25. The van der Waals surface area contributed by atoms with Crippen molar-refractivity contribution < 1.29 is 13.9 Å². The van der Waals surface area contributed by atoms with E-state index < -0.39 is 11.8 Å². The summed E-state index contributed by atoms with van der Waals surface area (Å²) in [6.07, 6.45) is 1.70. The molecule has 1 aromatic heterocycles. The molecule has 20 heavy (non-hydrogen) atoms. The van der Waals surface area contributed by atoms with E-state index in [1.807, 2.05) is 12.1 Å². The zero-order chi connectivity index (χ0) is 13.9. The summed E-state index contributed by atoms with van der Waals surface area (Å²) in [5.74, 6) is -0.480. The summed E-state index contributed by atoms with van der Waals surface area (Å²) in [5.41, 5.74) is 1.13. The molecule has 0 N–H and O–H groups in total. The molecule has 0 radical (unpaired) electrons. The van der Waals surface area contributed by atoms with E-state index in [0.717, 1.165) is 10.9 Å². The molecule has 0 saturated carbocycles. The predicted molar refractivity (Wildman–Crippen MR) is 73.1 cm³/mol. The molecule has 4 heteroatoms. The highest BCUT2D eigenvalue weighted by Gasteiger charge is 2.09. The van der Waals surface area contributed by atoms with E-state index in [2.05, 4.69) is 4.98 Å². The number of nitrogens with zero attached hydrogens (tertiary/aromatic N) is 1. The van der Waals surface area contributed by atoms with Crippen LogP contribution in [0.5, 0.6) is 5.75 Å². The van der Waals surface area contributed by atoms with Crippen molar-refractivity contribution in [3.8, 4) is 5.75 Å². The van der Waals surface area contributed by atoms with Crippen molar-refractivity contribution in [2.45, 2.75) is 0 Å². The van der Waals surface area contributed by atoms with E-state index >= 15 is 0 Å². The molecule has 0 aliphatic rings. The van der Waals surface area contributed by atoms with E-state index in [0.29, 0.717) is 11.3 Å².